The zero-order chi connectivity index (χ0) is 23.9. The number of fused-ring (bicyclic) bond motifs is 1. The molecule has 1 aliphatic rings. The van der Waals surface area contributed by atoms with Crippen LogP contribution < -0.4 is 10.2 Å². The van der Waals surface area contributed by atoms with Crippen molar-refractivity contribution in [2.24, 2.45) is 4.99 Å². The SMILES string of the molecule is CN(C)CCN1C(=O)C(NC(=O)OCc2ccccc2)N=C(c2ccccc2)c2ccccc21. The Morgan fingerprint density at radius 1 is 0.971 bits per heavy atom. The number of rotatable bonds is 7. The van der Waals surface area contributed by atoms with Gasteiger partial charge in [-0.25, -0.2) is 9.79 Å². The molecule has 3 aromatic rings. The second kappa shape index (κ2) is 10.8. The summed E-state index contributed by atoms with van der Waals surface area (Å²) >= 11 is 0. The van der Waals surface area contributed by atoms with Crippen molar-refractivity contribution in [1.82, 2.24) is 10.2 Å². The maximum atomic E-state index is 13.6. The van der Waals surface area contributed by atoms with Crippen LogP contribution in [0, 0.1) is 0 Å². The number of hydrogen-bond acceptors (Lipinski definition) is 5. The number of nitrogens with zero attached hydrogens (tertiary/aromatic N) is 3. The molecule has 34 heavy (non-hydrogen) atoms. The maximum Gasteiger partial charge on any atom is 0.409 e. The summed E-state index contributed by atoms with van der Waals surface area (Å²) in [6.07, 6.45) is -1.81. The van der Waals surface area contributed by atoms with Crippen LogP contribution in [0.25, 0.3) is 0 Å². The average Bonchev–Trinajstić information content (AvgIpc) is 2.97. The highest BCUT2D eigenvalue weighted by Crippen LogP contribution is 2.28. The molecule has 0 aromatic heterocycles. The highest BCUT2D eigenvalue weighted by atomic mass is 16.5. The number of amides is 2. The van der Waals surface area contributed by atoms with Crippen molar-refractivity contribution in [3.63, 3.8) is 0 Å². The van der Waals surface area contributed by atoms with Gasteiger partial charge in [-0.1, -0.05) is 78.9 Å². The first-order chi connectivity index (χ1) is 16.5. The standard InChI is InChI=1S/C27H28N4O3/c1-30(2)17-18-31-23-16-10-9-15-22(23)24(21-13-7-4-8-14-21)28-25(26(31)32)29-27(33)34-19-20-11-5-3-6-12-20/h3-16,25H,17-19H2,1-2H3,(H,29,33). The van der Waals surface area contributed by atoms with Crippen molar-refractivity contribution in [3.05, 3.63) is 102 Å². The average molecular weight is 457 g/mol. The van der Waals surface area contributed by atoms with Gasteiger partial charge in [0.15, 0.2) is 0 Å². The summed E-state index contributed by atoms with van der Waals surface area (Å²) in [4.78, 5) is 34.7. The fraction of sp³-hybridized carbons (Fsp3) is 0.222. The van der Waals surface area contributed by atoms with Crippen LogP contribution in [0.3, 0.4) is 0 Å². The lowest BCUT2D eigenvalue weighted by molar-refractivity contribution is -0.120. The summed E-state index contributed by atoms with van der Waals surface area (Å²) in [6.45, 7) is 1.22. The number of alkyl carbamates (subject to hydrolysis) is 1. The number of carbonyl (C=O) groups excluding carboxylic acids is 2. The molecule has 4 rings (SSSR count). The number of aliphatic imine (C=N–C) groups is 1. The number of benzene rings is 3. The number of ether oxygens (including phenoxy) is 1. The summed E-state index contributed by atoms with van der Waals surface area (Å²) in [6, 6.07) is 26.7. The Morgan fingerprint density at radius 2 is 1.62 bits per heavy atom. The van der Waals surface area contributed by atoms with Gasteiger partial charge in [-0.2, -0.15) is 0 Å². The lowest BCUT2D eigenvalue weighted by Crippen LogP contribution is -2.49. The van der Waals surface area contributed by atoms with Gasteiger partial charge in [0.05, 0.1) is 11.4 Å². The van der Waals surface area contributed by atoms with Crippen molar-refractivity contribution in [1.29, 1.82) is 0 Å². The molecule has 1 atom stereocenters. The fourth-order valence-corrected chi connectivity index (χ4v) is 3.76. The van der Waals surface area contributed by atoms with Gasteiger partial charge in [-0.3, -0.25) is 10.1 Å². The second-order valence-electron chi connectivity index (χ2n) is 8.26. The molecule has 1 unspecified atom stereocenters. The van der Waals surface area contributed by atoms with E-state index in [-0.39, 0.29) is 12.5 Å². The van der Waals surface area contributed by atoms with Crippen molar-refractivity contribution in [2.45, 2.75) is 12.8 Å². The largest absolute Gasteiger partial charge is 0.445 e. The highest BCUT2D eigenvalue weighted by Gasteiger charge is 2.33. The predicted molar refractivity (Wildman–Crippen MR) is 133 cm³/mol. The van der Waals surface area contributed by atoms with Gasteiger partial charge in [-0.05, 0) is 25.7 Å². The molecule has 0 aliphatic carbocycles. The van der Waals surface area contributed by atoms with E-state index in [1.807, 2.05) is 104 Å². The third kappa shape index (κ3) is 5.50. The number of hydrogen-bond donors (Lipinski definition) is 1. The number of benzodiazepines with no additional fused rings is 1. The number of carbonyl (C=O) groups is 2. The van der Waals surface area contributed by atoms with E-state index in [9.17, 15) is 9.59 Å². The van der Waals surface area contributed by atoms with Crippen LogP contribution >= 0.6 is 0 Å². The molecular formula is C27H28N4O3. The Morgan fingerprint density at radius 3 is 2.32 bits per heavy atom. The Labute approximate surface area is 199 Å². The maximum absolute atomic E-state index is 13.6. The summed E-state index contributed by atoms with van der Waals surface area (Å²) in [5.41, 5.74) is 3.96. The minimum absolute atomic E-state index is 0.105. The van der Waals surface area contributed by atoms with E-state index in [1.165, 1.54) is 0 Å². The van der Waals surface area contributed by atoms with Gasteiger partial charge in [0.1, 0.15) is 6.61 Å². The first kappa shape index (κ1) is 23.2. The lowest BCUT2D eigenvalue weighted by Gasteiger charge is -2.26. The molecule has 7 heteroatoms. The monoisotopic (exact) mass is 456 g/mol. The molecule has 1 aliphatic heterocycles. The van der Waals surface area contributed by atoms with Crippen molar-refractivity contribution >= 4 is 23.4 Å². The van der Waals surface area contributed by atoms with E-state index >= 15 is 0 Å². The molecule has 174 valence electrons. The van der Waals surface area contributed by atoms with E-state index in [1.54, 1.807) is 4.90 Å². The molecule has 0 spiro atoms. The Kier molecular flexibility index (Phi) is 7.34. The lowest BCUT2D eigenvalue weighted by atomic mass is 10.0. The van der Waals surface area contributed by atoms with E-state index in [0.29, 0.717) is 18.8 Å². The summed E-state index contributed by atoms with van der Waals surface area (Å²) < 4.78 is 5.37. The molecule has 0 saturated heterocycles. The minimum Gasteiger partial charge on any atom is -0.445 e. The van der Waals surface area contributed by atoms with Gasteiger partial charge in [0, 0.05) is 24.2 Å². The zero-order valence-corrected chi connectivity index (χ0v) is 19.3. The van der Waals surface area contributed by atoms with E-state index < -0.39 is 12.3 Å². The summed E-state index contributed by atoms with van der Waals surface area (Å²) in [5, 5.41) is 2.68. The van der Waals surface area contributed by atoms with E-state index in [0.717, 1.165) is 22.4 Å². The summed E-state index contributed by atoms with van der Waals surface area (Å²) in [7, 11) is 3.91. The van der Waals surface area contributed by atoms with Gasteiger partial charge in [0.25, 0.3) is 5.91 Å². The van der Waals surface area contributed by atoms with Gasteiger partial charge in [-0.15, -0.1) is 0 Å². The van der Waals surface area contributed by atoms with E-state index in [2.05, 4.69) is 5.32 Å². The fourth-order valence-electron chi connectivity index (χ4n) is 3.76. The van der Waals surface area contributed by atoms with Crippen molar-refractivity contribution in [3.8, 4) is 0 Å². The Bertz CT molecular complexity index is 1160. The molecule has 0 radical (unpaired) electrons. The summed E-state index contributed by atoms with van der Waals surface area (Å²) in [5.74, 6) is -0.308. The van der Waals surface area contributed by atoms with E-state index in [4.69, 9.17) is 9.73 Å². The molecule has 1 N–H and O–H groups in total. The first-order valence-electron chi connectivity index (χ1n) is 11.2. The van der Waals surface area contributed by atoms with Gasteiger partial charge in [0.2, 0.25) is 6.17 Å². The van der Waals surface area contributed by atoms with Crippen LogP contribution in [-0.2, 0) is 16.1 Å². The number of nitrogens with one attached hydrogen (secondary N) is 1. The quantitative estimate of drug-likeness (QED) is 0.589. The number of anilines is 1. The van der Waals surface area contributed by atoms with Crippen molar-refractivity contribution < 1.29 is 14.3 Å². The minimum atomic E-state index is -1.12. The van der Waals surface area contributed by atoms with Crippen LogP contribution in [0.15, 0.2) is 89.9 Å². The van der Waals surface area contributed by atoms with Crippen LogP contribution in [0.5, 0.6) is 0 Å². The first-order valence-corrected chi connectivity index (χ1v) is 11.2. The van der Waals surface area contributed by atoms with Crippen LogP contribution in [0.4, 0.5) is 10.5 Å². The molecule has 0 fully saturated rings. The van der Waals surface area contributed by atoms with Gasteiger partial charge >= 0.3 is 6.09 Å². The molecule has 1 heterocycles. The van der Waals surface area contributed by atoms with Gasteiger partial charge < -0.3 is 14.5 Å². The molecule has 7 nitrogen and oxygen atoms in total. The van der Waals surface area contributed by atoms with Crippen LogP contribution in [-0.4, -0.2) is 56.0 Å². The topological polar surface area (TPSA) is 74.2 Å². The Hall–Kier alpha value is -3.97. The number of para-hydroxylation sites is 1. The van der Waals surface area contributed by atoms with Crippen LogP contribution in [0.2, 0.25) is 0 Å². The van der Waals surface area contributed by atoms with Crippen molar-refractivity contribution in [2.75, 3.05) is 32.1 Å². The number of likely N-dealkylation sites (N-methyl/N-ethyl adjacent to an activating group) is 1. The normalized spacial score (nSPS) is 15.4. The highest BCUT2D eigenvalue weighted by molar-refractivity contribution is 6.20. The third-order valence-corrected chi connectivity index (χ3v) is 5.49. The second-order valence-corrected chi connectivity index (χ2v) is 8.26. The smallest absolute Gasteiger partial charge is 0.409 e. The predicted octanol–water partition coefficient (Wildman–Crippen LogP) is 3.68. The molecular weight excluding hydrogens is 428 g/mol. The molecule has 2 amide bonds. The molecule has 3 aromatic carbocycles. The molecule has 0 bridgehead atoms. The molecule has 0 saturated carbocycles. The zero-order valence-electron chi connectivity index (χ0n) is 19.3. The Balaban J connectivity index is 1.66. The third-order valence-electron chi connectivity index (χ3n) is 5.49. The van der Waals surface area contributed by atoms with Crippen LogP contribution in [0.1, 0.15) is 16.7 Å².